The third kappa shape index (κ3) is 2.76. The first-order valence-electron chi connectivity index (χ1n) is 6.65. The maximum atomic E-state index is 13.6. The van der Waals surface area contributed by atoms with E-state index in [0.29, 0.717) is 17.8 Å². The molecule has 1 fully saturated rings. The van der Waals surface area contributed by atoms with Gasteiger partial charge in [0.25, 0.3) is 5.91 Å². The van der Waals surface area contributed by atoms with Gasteiger partial charge in [-0.15, -0.1) is 0 Å². The zero-order chi connectivity index (χ0) is 15.0. The monoisotopic (exact) mass is 292 g/mol. The van der Waals surface area contributed by atoms with E-state index in [1.807, 2.05) is 11.6 Å². The Hall–Kier alpha value is -2.31. The lowest BCUT2D eigenvalue weighted by Crippen LogP contribution is -2.32. The molecule has 0 spiro atoms. The van der Waals surface area contributed by atoms with Gasteiger partial charge in [-0.3, -0.25) is 4.79 Å². The van der Waals surface area contributed by atoms with Gasteiger partial charge in [0.15, 0.2) is 11.5 Å². The summed E-state index contributed by atoms with van der Waals surface area (Å²) < 4.78 is 28.3. The molecule has 2 aromatic heterocycles. The standard InChI is InChI=1S/C14H14F2N4O/c1-20-5-4-17-13(20)11(8-2-3-8)19-14(21)12-10(16)6-9(15)7-18-12/h4-8,11H,2-3H2,1H3,(H,19,21). The van der Waals surface area contributed by atoms with Crippen molar-refractivity contribution in [2.75, 3.05) is 0 Å². The van der Waals surface area contributed by atoms with Crippen LogP contribution in [0.3, 0.4) is 0 Å². The summed E-state index contributed by atoms with van der Waals surface area (Å²) in [6.45, 7) is 0. The summed E-state index contributed by atoms with van der Waals surface area (Å²) in [5, 5.41) is 2.75. The van der Waals surface area contributed by atoms with E-state index >= 15 is 0 Å². The number of imidazole rings is 1. The summed E-state index contributed by atoms with van der Waals surface area (Å²) in [7, 11) is 1.83. The molecule has 0 radical (unpaired) electrons. The summed E-state index contributed by atoms with van der Waals surface area (Å²) in [4.78, 5) is 19.9. The van der Waals surface area contributed by atoms with Crippen LogP contribution in [-0.2, 0) is 7.05 Å². The second-order valence-corrected chi connectivity index (χ2v) is 5.17. The van der Waals surface area contributed by atoms with Crippen molar-refractivity contribution in [3.8, 4) is 0 Å². The molecular formula is C14H14F2N4O. The molecule has 1 N–H and O–H groups in total. The van der Waals surface area contributed by atoms with Crippen LogP contribution in [0.1, 0.15) is 35.2 Å². The minimum atomic E-state index is -0.970. The fourth-order valence-electron chi connectivity index (χ4n) is 2.29. The topological polar surface area (TPSA) is 59.8 Å². The SMILES string of the molecule is Cn1ccnc1C(NC(=O)c1ncc(F)cc1F)C1CC1. The molecule has 1 aliphatic carbocycles. The first-order chi connectivity index (χ1) is 10.1. The molecule has 110 valence electrons. The van der Waals surface area contributed by atoms with Crippen molar-refractivity contribution in [3.63, 3.8) is 0 Å². The normalized spacial score (nSPS) is 15.8. The first-order valence-corrected chi connectivity index (χ1v) is 6.65. The van der Waals surface area contributed by atoms with Gasteiger partial charge in [-0.25, -0.2) is 18.7 Å². The van der Waals surface area contributed by atoms with Crippen LogP contribution in [0.25, 0.3) is 0 Å². The van der Waals surface area contributed by atoms with E-state index in [2.05, 4.69) is 15.3 Å². The van der Waals surface area contributed by atoms with Crippen molar-refractivity contribution >= 4 is 5.91 Å². The molecule has 0 saturated heterocycles. The van der Waals surface area contributed by atoms with Gasteiger partial charge in [-0.05, 0) is 18.8 Å². The second kappa shape index (κ2) is 5.23. The molecule has 0 aromatic carbocycles. The lowest BCUT2D eigenvalue weighted by molar-refractivity contribution is 0.0919. The lowest BCUT2D eigenvalue weighted by atomic mass is 10.1. The Morgan fingerprint density at radius 1 is 1.43 bits per heavy atom. The van der Waals surface area contributed by atoms with E-state index in [-0.39, 0.29) is 6.04 Å². The summed E-state index contributed by atoms with van der Waals surface area (Å²) in [6.07, 6.45) is 6.22. The van der Waals surface area contributed by atoms with E-state index in [1.165, 1.54) is 0 Å². The van der Waals surface area contributed by atoms with Crippen LogP contribution >= 0.6 is 0 Å². The van der Waals surface area contributed by atoms with Crippen LogP contribution in [0, 0.1) is 17.6 Å². The van der Waals surface area contributed by atoms with Crippen molar-refractivity contribution in [2.24, 2.45) is 13.0 Å². The van der Waals surface area contributed by atoms with Gasteiger partial charge >= 0.3 is 0 Å². The van der Waals surface area contributed by atoms with Crippen molar-refractivity contribution in [1.82, 2.24) is 19.9 Å². The fourth-order valence-corrected chi connectivity index (χ4v) is 2.29. The largest absolute Gasteiger partial charge is 0.340 e. The average Bonchev–Trinajstić information content (AvgIpc) is 3.18. The van der Waals surface area contributed by atoms with Crippen LogP contribution in [0.5, 0.6) is 0 Å². The molecule has 1 atom stereocenters. The Morgan fingerprint density at radius 2 is 2.19 bits per heavy atom. The third-order valence-electron chi connectivity index (χ3n) is 3.54. The number of pyridine rings is 1. The molecule has 2 aromatic rings. The molecule has 0 aliphatic heterocycles. The fraction of sp³-hybridized carbons (Fsp3) is 0.357. The zero-order valence-corrected chi connectivity index (χ0v) is 11.4. The molecule has 1 aliphatic rings. The van der Waals surface area contributed by atoms with E-state index < -0.39 is 23.2 Å². The van der Waals surface area contributed by atoms with Crippen LogP contribution in [0.4, 0.5) is 8.78 Å². The molecule has 1 saturated carbocycles. The molecule has 5 nitrogen and oxygen atoms in total. The lowest BCUT2D eigenvalue weighted by Gasteiger charge is -2.18. The number of rotatable bonds is 4. The van der Waals surface area contributed by atoms with E-state index in [4.69, 9.17) is 0 Å². The van der Waals surface area contributed by atoms with Crippen LogP contribution in [-0.4, -0.2) is 20.4 Å². The number of nitrogens with one attached hydrogen (secondary N) is 1. The first kappa shape index (κ1) is 13.7. The number of aromatic nitrogens is 3. The summed E-state index contributed by atoms with van der Waals surface area (Å²) in [5.74, 6) is -1.44. The minimum Gasteiger partial charge on any atom is -0.340 e. The number of halogens is 2. The van der Waals surface area contributed by atoms with E-state index in [0.717, 1.165) is 19.0 Å². The predicted octanol–water partition coefficient (Wildman–Crippen LogP) is 1.97. The van der Waals surface area contributed by atoms with Gasteiger partial charge in [0, 0.05) is 25.5 Å². The Bertz CT molecular complexity index is 681. The Morgan fingerprint density at radius 3 is 2.76 bits per heavy atom. The molecule has 1 unspecified atom stereocenters. The molecule has 0 bridgehead atoms. The Labute approximate surface area is 120 Å². The second-order valence-electron chi connectivity index (χ2n) is 5.17. The highest BCUT2D eigenvalue weighted by molar-refractivity contribution is 5.92. The highest BCUT2D eigenvalue weighted by Crippen LogP contribution is 2.40. The smallest absolute Gasteiger partial charge is 0.273 e. The van der Waals surface area contributed by atoms with Gasteiger partial charge < -0.3 is 9.88 Å². The molecule has 1 amide bonds. The maximum absolute atomic E-state index is 13.6. The number of hydrogen-bond acceptors (Lipinski definition) is 3. The summed E-state index contributed by atoms with van der Waals surface area (Å²) in [5.41, 5.74) is -0.406. The van der Waals surface area contributed by atoms with Crippen LogP contribution in [0.2, 0.25) is 0 Å². The number of aryl methyl sites for hydroxylation is 1. The Kier molecular flexibility index (Phi) is 3.40. The number of amides is 1. The summed E-state index contributed by atoms with van der Waals surface area (Å²) >= 11 is 0. The van der Waals surface area contributed by atoms with Crippen molar-refractivity contribution in [3.05, 3.63) is 47.8 Å². The molecular weight excluding hydrogens is 278 g/mol. The van der Waals surface area contributed by atoms with E-state index in [1.54, 1.807) is 12.4 Å². The molecule has 21 heavy (non-hydrogen) atoms. The average molecular weight is 292 g/mol. The molecule has 7 heteroatoms. The van der Waals surface area contributed by atoms with Gasteiger partial charge in [0.05, 0.1) is 12.2 Å². The minimum absolute atomic E-state index is 0.288. The summed E-state index contributed by atoms with van der Waals surface area (Å²) in [6, 6.07) is 0.359. The Balaban J connectivity index is 1.83. The molecule has 3 rings (SSSR count). The number of hydrogen-bond donors (Lipinski definition) is 1. The number of carbonyl (C=O) groups is 1. The van der Waals surface area contributed by atoms with Gasteiger partial charge in [0.2, 0.25) is 0 Å². The highest BCUT2D eigenvalue weighted by atomic mass is 19.1. The quantitative estimate of drug-likeness (QED) is 0.937. The maximum Gasteiger partial charge on any atom is 0.273 e. The number of nitrogens with zero attached hydrogens (tertiary/aromatic N) is 3. The zero-order valence-electron chi connectivity index (χ0n) is 11.4. The predicted molar refractivity (Wildman–Crippen MR) is 70.3 cm³/mol. The third-order valence-corrected chi connectivity index (χ3v) is 3.54. The molecule has 2 heterocycles. The van der Waals surface area contributed by atoms with Gasteiger partial charge in [0.1, 0.15) is 11.6 Å². The van der Waals surface area contributed by atoms with Crippen molar-refractivity contribution in [1.29, 1.82) is 0 Å². The number of carbonyl (C=O) groups excluding carboxylic acids is 1. The van der Waals surface area contributed by atoms with Crippen LogP contribution < -0.4 is 5.32 Å². The van der Waals surface area contributed by atoms with Crippen LogP contribution in [0.15, 0.2) is 24.7 Å². The highest BCUT2D eigenvalue weighted by Gasteiger charge is 2.36. The van der Waals surface area contributed by atoms with Crippen molar-refractivity contribution in [2.45, 2.75) is 18.9 Å². The van der Waals surface area contributed by atoms with Crippen molar-refractivity contribution < 1.29 is 13.6 Å². The van der Waals surface area contributed by atoms with Gasteiger partial charge in [-0.2, -0.15) is 0 Å². The van der Waals surface area contributed by atoms with Gasteiger partial charge in [-0.1, -0.05) is 0 Å². The van der Waals surface area contributed by atoms with E-state index in [9.17, 15) is 13.6 Å².